The molecule has 3 nitrogen and oxygen atoms in total. The zero-order valence-electron chi connectivity index (χ0n) is 7.63. The van der Waals surface area contributed by atoms with Crippen LogP contribution in [0.5, 0.6) is 0 Å². The van der Waals surface area contributed by atoms with E-state index in [-0.39, 0.29) is 11.9 Å². The fourth-order valence-electron chi connectivity index (χ4n) is 0.903. The first kappa shape index (κ1) is 10.4. The van der Waals surface area contributed by atoms with E-state index in [1.54, 1.807) is 11.9 Å². The number of likely N-dealkylation sites (N-methyl/N-ethyl adjacent to an activating group) is 1. The molecule has 66 valence electrons. The van der Waals surface area contributed by atoms with E-state index in [1.807, 2.05) is 13.8 Å². The van der Waals surface area contributed by atoms with Gasteiger partial charge in [0, 0.05) is 13.6 Å². The maximum Gasteiger partial charge on any atom is 0.239 e. The second-order valence-corrected chi connectivity index (χ2v) is 2.77. The predicted octanol–water partition coefficient (Wildman–Crippen LogP) is 0.592. The maximum absolute atomic E-state index is 11.3. The van der Waals surface area contributed by atoms with Gasteiger partial charge in [0.2, 0.25) is 5.91 Å². The standard InChI is InChI=1S/C8H18N2O/c1-4-6-10(3)8(11)7(9)5-2/h7H,4-6,9H2,1-3H3. The van der Waals surface area contributed by atoms with Gasteiger partial charge in [0.15, 0.2) is 0 Å². The van der Waals surface area contributed by atoms with Crippen molar-refractivity contribution in [2.45, 2.75) is 32.7 Å². The van der Waals surface area contributed by atoms with E-state index in [0.717, 1.165) is 13.0 Å². The third-order valence-electron chi connectivity index (χ3n) is 1.69. The minimum absolute atomic E-state index is 0.0503. The molecule has 2 N–H and O–H groups in total. The average molecular weight is 158 g/mol. The van der Waals surface area contributed by atoms with Crippen LogP contribution in [0.15, 0.2) is 0 Å². The van der Waals surface area contributed by atoms with Crippen LogP contribution in [0.25, 0.3) is 0 Å². The van der Waals surface area contributed by atoms with Crippen molar-refractivity contribution in [3.05, 3.63) is 0 Å². The van der Waals surface area contributed by atoms with Crippen LogP contribution < -0.4 is 5.73 Å². The largest absolute Gasteiger partial charge is 0.344 e. The Kier molecular flexibility index (Phi) is 4.86. The van der Waals surface area contributed by atoms with E-state index in [4.69, 9.17) is 5.73 Å². The highest BCUT2D eigenvalue weighted by atomic mass is 16.2. The number of hydrogen-bond acceptors (Lipinski definition) is 2. The second kappa shape index (κ2) is 5.13. The predicted molar refractivity (Wildman–Crippen MR) is 46.2 cm³/mol. The van der Waals surface area contributed by atoms with Crippen LogP contribution in [0.1, 0.15) is 26.7 Å². The lowest BCUT2D eigenvalue weighted by Crippen LogP contribution is -2.41. The minimum Gasteiger partial charge on any atom is -0.344 e. The average Bonchev–Trinajstić information content (AvgIpc) is 2.02. The van der Waals surface area contributed by atoms with Crippen LogP contribution in [0.2, 0.25) is 0 Å². The zero-order chi connectivity index (χ0) is 8.85. The smallest absolute Gasteiger partial charge is 0.239 e. The van der Waals surface area contributed by atoms with Gasteiger partial charge in [0.25, 0.3) is 0 Å². The van der Waals surface area contributed by atoms with Crippen LogP contribution in [0.3, 0.4) is 0 Å². The Morgan fingerprint density at radius 2 is 2.09 bits per heavy atom. The minimum atomic E-state index is -0.313. The molecule has 0 fully saturated rings. The molecule has 0 aromatic rings. The molecule has 0 heterocycles. The quantitative estimate of drug-likeness (QED) is 0.651. The third-order valence-corrected chi connectivity index (χ3v) is 1.69. The molecule has 1 unspecified atom stereocenters. The summed E-state index contributed by atoms with van der Waals surface area (Å²) in [4.78, 5) is 13.0. The van der Waals surface area contributed by atoms with Crippen LogP contribution >= 0.6 is 0 Å². The van der Waals surface area contributed by atoms with Gasteiger partial charge < -0.3 is 10.6 Å². The summed E-state index contributed by atoms with van der Waals surface area (Å²) in [6, 6.07) is -0.313. The van der Waals surface area contributed by atoms with Crippen LogP contribution in [-0.4, -0.2) is 30.4 Å². The summed E-state index contributed by atoms with van der Waals surface area (Å²) >= 11 is 0. The molecule has 0 aromatic heterocycles. The Bertz CT molecular complexity index is 125. The summed E-state index contributed by atoms with van der Waals surface area (Å²) in [6.07, 6.45) is 1.70. The molecule has 11 heavy (non-hydrogen) atoms. The molecule has 0 saturated carbocycles. The van der Waals surface area contributed by atoms with Crippen molar-refractivity contribution < 1.29 is 4.79 Å². The van der Waals surface area contributed by atoms with E-state index in [2.05, 4.69) is 0 Å². The topological polar surface area (TPSA) is 46.3 Å². The monoisotopic (exact) mass is 158 g/mol. The lowest BCUT2D eigenvalue weighted by atomic mass is 10.2. The lowest BCUT2D eigenvalue weighted by molar-refractivity contribution is -0.131. The van der Waals surface area contributed by atoms with Crippen molar-refractivity contribution >= 4 is 5.91 Å². The zero-order valence-corrected chi connectivity index (χ0v) is 7.63. The number of nitrogens with two attached hydrogens (primary N) is 1. The summed E-state index contributed by atoms with van der Waals surface area (Å²) in [5.74, 6) is 0.0503. The van der Waals surface area contributed by atoms with Crippen molar-refractivity contribution in [2.75, 3.05) is 13.6 Å². The maximum atomic E-state index is 11.3. The van der Waals surface area contributed by atoms with Gasteiger partial charge in [-0.2, -0.15) is 0 Å². The van der Waals surface area contributed by atoms with Gasteiger partial charge in [-0.15, -0.1) is 0 Å². The summed E-state index contributed by atoms with van der Waals surface area (Å²) in [6.45, 7) is 4.76. The first-order valence-electron chi connectivity index (χ1n) is 4.14. The summed E-state index contributed by atoms with van der Waals surface area (Å²) in [5.41, 5.74) is 5.56. The first-order valence-corrected chi connectivity index (χ1v) is 4.14. The Labute approximate surface area is 68.6 Å². The highest BCUT2D eigenvalue weighted by Gasteiger charge is 2.14. The summed E-state index contributed by atoms with van der Waals surface area (Å²) in [5, 5.41) is 0. The molecule has 0 radical (unpaired) electrons. The Hall–Kier alpha value is -0.570. The molecule has 0 rings (SSSR count). The number of rotatable bonds is 4. The van der Waals surface area contributed by atoms with E-state index < -0.39 is 0 Å². The fourth-order valence-corrected chi connectivity index (χ4v) is 0.903. The van der Waals surface area contributed by atoms with Gasteiger partial charge in [0.1, 0.15) is 0 Å². The van der Waals surface area contributed by atoms with Gasteiger partial charge in [-0.25, -0.2) is 0 Å². The van der Waals surface area contributed by atoms with Crippen molar-refractivity contribution in [3.8, 4) is 0 Å². The molecule has 0 bridgehead atoms. The number of hydrogen-bond donors (Lipinski definition) is 1. The van der Waals surface area contributed by atoms with E-state index in [9.17, 15) is 4.79 Å². The molecule has 1 atom stereocenters. The second-order valence-electron chi connectivity index (χ2n) is 2.77. The third kappa shape index (κ3) is 3.37. The SMILES string of the molecule is CCCN(C)C(=O)C(N)CC. The molecule has 0 aliphatic heterocycles. The number of nitrogens with zero attached hydrogens (tertiary/aromatic N) is 1. The summed E-state index contributed by atoms with van der Waals surface area (Å²) < 4.78 is 0. The van der Waals surface area contributed by atoms with Crippen molar-refractivity contribution in [3.63, 3.8) is 0 Å². The summed E-state index contributed by atoms with van der Waals surface area (Å²) in [7, 11) is 1.79. The van der Waals surface area contributed by atoms with E-state index in [0.29, 0.717) is 6.42 Å². The molecule has 0 aliphatic rings. The van der Waals surface area contributed by atoms with E-state index >= 15 is 0 Å². The first-order chi connectivity index (χ1) is 5.13. The van der Waals surface area contributed by atoms with Crippen LogP contribution in [0, 0.1) is 0 Å². The Morgan fingerprint density at radius 1 is 1.55 bits per heavy atom. The lowest BCUT2D eigenvalue weighted by Gasteiger charge is -2.19. The molecule has 3 heteroatoms. The molecule has 0 aromatic carbocycles. The fraction of sp³-hybridized carbons (Fsp3) is 0.875. The van der Waals surface area contributed by atoms with E-state index in [1.165, 1.54) is 0 Å². The number of carbonyl (C=O) groups is 1. The molecule has 0 spiro atoms. The molecule has 1 amide bonds. The molecular formula is C8H18N2O. The van der Waals surface area contributed by atoms with Gasteiger partial charge in [-0.1, -0.05) is 13.8 Å². The number of carbonyl (C=O) groups excluding carboxylic acids is 1. The number of amides is 1. The highest BCUT2D eigenvalue weighted by Crippen LogP contribution is 1.94. The Morgan fingerprint density at radius 3 is 2.45 bits per heavy atom. The van der Waals surface area contributed by atoms with Crippen LogP contribution in [0.4, 0.5) is 0 Å². The normalized spacial score (nSPS) is 12.7. The van der Waals surface area contributed by atoms with Gasteiger partial charge in [0.05, 0.1) is 6.04 Å². The van der Waals surface area contributed by atoms with Gasteiger partial charge >= 0.3 is 0 Å². The van der Waals surface area contributed by atoms with Gasteiger partial charge in [-0.3, -0.25) is 4.79 Å². The van der Waals surface area contributed by atoms with Crippen LogP contribution in [-0.2, 0) is 4.79 Å². The molecule has 0 saturated heterocycles. The van der Waals surface area contributed by atoms with Gasteiger partial charge in [-0.05, 0) is 12.8 Å². The van der Waals surface area contributed by atoms with Crippen molar-refractivity contribution in [1.82, 2.24) is 4.90 Å². The molecule has 0 aliphatic carbocycles. The van der Waals surface area contributed by atoms with Crippen molar-refractivity contribution in [1.29, 1.82) is 0 Å². The van der Waals surface area contributed by atoms with Crippen molar-refractivity contribution in [2.24, 2.45) is 5.73 Å². The molecular weight excluding hydrogens is 140 g/mol. The highest BCUT2D eigenvalue weighted by molar-refractivity contribution is 5.81. The Balaban J connectivity index is 3.81.